The highest BCUT2D eigenvalue weighted by Gasteiger charge is 2.01. The highest BCUT2D eigenvalue weighted by molar-refractivity contribution is 6.00. The first-order valence-electron chi connectivity index (χ1n) is 4.64. The average molecular weight is 188 g/mol. The Morgan fingerprint density at radius 3 is 2.71 bits per heavy atom. The van der Waals surface area contributed by atoms with Crippen LogP contribution in [-0.2, 0) is 0 Å². The van der Waals surface area contributed by atoms with Crippen LogP contribution >= 0.6 is 0 Å². The molecule has 1 rings (SSSR count). The quantitative estimate of drug-likeness (QED) is 0.557. The van der Waals surface area contributed by atoms with Crippen LogP contribution in [0.1, 0.15) is 25.1 Å². The van der Waals surface area contributed by atoms with E-state index in [2.05, 4.69) is 16.6 Å². The van der Waals surface area contributed by atoms with Gasteiger partial charge in [0.2, 0.25) is 0 Å². The zero-order valence-electron chi connectivity index (χ0n) is 8.96. The number of aliphatic imine (C=N–C) groups is 1. The van der Waals surface area contributed by atoms with E-state index in [1.54, 1.807) is 6.08 Å². The molecular formula is C12H16N2. The molecule has 2 heteroatoms. The summed E-state index contributed by atoms with van der Waals surface area (Å²) < 4.78 is 0. The van der Waals surface area contributed by atoms with Crippen LogP contribution in [0.25, 0.3) is 0 Å². The molecule has 1 heterocycles. The van der Waals surface area contributed by atoms with Crippen molar-refractivity contribution in [2.24, 2.45) is 4.99 Å². The number of aryl methyl sites for hydroxylation is 1. The summed E-state index contributed by atoms with van der Waals surface area (Å²) in [5, 5.41) is 0. The zero-order valence-corrected chi connectivity index (χ0v) is 8.96. The summed E-state index contributed by atoms with van der Waals surface area (Å²) in [6.07, 6.45) is 5.57. The van der Waals surface area contributed by atoms with Crippen LogP contribution in [0.5, 0.6) is 0 Å². The first-order chi connectivity index (χ1) is 6.65. The molecule has 0 spiro atoms. The lowest BCUT2D eigenvalue weighted by molar-refractivity contribution is 1.24. The number of aromatic amines is 1. The molecule has 14 heavy (non-hydrogen) atoms. The van der Waals surface area contributed by atoms with Crippen molar-refractivity contribution in [1.82, 2.24) is 4.98 Å². The molecule has 0 radical (unpaired) electrons. The van der Waals surface area contributed by atoms with E-state index in [1.807, 2.05) is 39.1 Å². The van der Waals surface area contributed by atoms with Crippen LogP contribution in [-0.4, -0.2) is 10.7 Å². The lowest BCUT2D eigenvalue weighted by atomic mass is 10.2. The third kappa shape index (κ3) is 2.46. The summed E-state index contributed by atoms with van der Waals surface area (Å²) in [6.45, 7) is 9.65. The van der Waals surface area contributed by atoms with Gasteiger partial charge in [0.15, 0.2) is 0 Å². The van der Waals surface area contributed by atoms with Gasteiger partial charge in [0.1, 0.15) is 0 Å². The van der Waals surface area contributed by atoms with E-state index in [-0.39, 0.29) is 0 Å². The average Bonchev–Trinajstić information content (AvgIpc) is 2.51. The van der Waals surface area contributed by atoms with Crippen LogP contribution in [0.3, 0.4) is 0 Å². The van der Waals surface area contributed by atoms with E-state index in [9.17, 15) is 0 Å². The Kier molecular flexibility index (Phi) is 3.46. The highest BCUT2D eigenvalue weighted by Crippen LogP contribution is 2.08. The Labute approximate surface area is 85.1 Å². The van der Waals surface area contributed by atoms with Gasteiger partial charge in [-0.2, -0.15) is 0 Å². The summed E-state index contributed by atoms with van der Waals surface area (Å²) in [5.74, 6) is 0. The van der Waals surface area contributed by atoms with E-state index in [4.69, 9.17) is 0 Å². The molecule has 0 unspecified atom stereocenters. The van der Waals surface area contributed by atoms with Crippen LogP contribution in [0.15, 0.2) is 41.7 Å². The maximum Gasteiger partial charge on any atom is 0.0465 e. The zero-order chi connectivity index (χ0) is 10.6. The summed E-state index contributed by atoms with van der Waals surface area (Å²) in [5.41, 5.74) is 4.32. The maximum atomic E-state index is 4.46. The molecule has 74 valence electrons. The molecule has 1 aromatic heterocycles. The molecule has 0 amide bonds. The molecule has 0 saturated carbocycles. The van der Waals surface area contributed by atoms with Gasteiger partial charge >= 0.3 is 0 Å². The molecule has 0 aliphatic heterocycles. The lowest BCUT2D eigenvalue weighted by Crippen LogP contribution is -1.95. The normalized spacial score (nSPS) is 13.1. The number of rotatable bonds is 3. The van der Waals surface area contributed by atoms with Gasteiger partial charge in [0.05, 0.1) is 0 Å². The van der Waals surface area contributed by atoms with Crippen molar-refractivity contribution in [3.05, 3.63) is 47.9 Å². The number of allylic oxidation sites excluding steroid dienone is 3. The van der Waals surface area contributed by atoms with Gasteiger partial charge in [-0.05, 0) is 32.9 Å². The topological polar surface area (TPSA) is 28.1 Å². The van der Waals surface area contributed by atoms with Crippen LogP contribution in [0, 0.1) is 6.92 Å². The molecule has 0 aromatic carbocycles. The fourth-order valence-electron chi connectivity index (χ4n) is 1.38. The van der Waals surface area contributed by atoms with E-state index in [0.29, 0.717) is 0 Å². The standard InChI is InChI=1S/C12H16N2/c1-5-6-9(2)14-11(4)12-7-8-13-10(12)3/h5-8,13H,1H2,2-4H3/b9-6+,14-11?. The number of hydrogen-bond acceptors (Lipinski definition) is 1. The Morgan fingerprint density at radius 2 is 2.21 bits per heavy atom. The molecule has 1 N–H and O–H groups in total. The Balaban J connectivity index is 2.95. The fourth-order valence-corrected chi connectivity index (χ4v) is 1.38. The number of hydrogen-bond donors (Lipinski definition) is 1. The Bertz CT molecular complexity index is 381. The molecule has 0 aliphatic carbocycles. The molecule has 0 aliphatic rings. The molecule has 0 saturated heterocycles. The smallest absolute Gasteiger partial charge is 0.0465 e. The Morgan fingerprint density at radius 1 is 1.50 bits per heavy atom. The van der Waals surface area contributed by atoms with E-state index < -0.39 is 0 Å². The third-order valence-electron chi connectivity index (χ3n) is 2.05. The summed E-state index contributed by atoms with van der Waals surface area (Å²) in [4.78, 5) is 7.59. The van der Waals surface area contributed by atoms with Crippen molar-refractivity contribution < 1.29 is 0 Å². The van der Waals surface area contributed by atoms with Crippen molar-refractivity contribution >= 4 is 5.71 Å². The summed E-state index contributed by atoms with van der Waals surface area (Å²) in [6, 6.07) is 2.04. The predicted molar refractivity (Wildman–Crippen MR) is 61.7 cm³/mol. The minimum absolute atomic E-state index is 0.970. The van der Waals surface area contributed by atoms with Crippen LogP contribution in [0.2, 0.25) is 0 Å². The van der Waals surface area contributed by atoms with Gasteiger partial charge in [-0.25, -0.2) is 0 Å². The monoisotopic (exact) mass is 188 g/mol. The van der Waals surface area contributed by atoms with Gasteiger partial charge in [-0.3, -0.25) is 4.99 Å². The largest absolute Gasteiger partial charge is 0.365 e. The SMILES string of the molecule is C=C/C=C(\C)N=C(C)c1cc[nH]c1C. The van der Waals surface area contributed by atoms with Crippen LogP contribution in [0.4, 0.5) is 0 Å². The Hall–Kier alpha value is -1.57. The first kappa shape index (κ1) is 10.5. The van der Waals surface area contributed by atoms with Crippen molar-refractivity contribution in [1.29, 1.82) is 0 Å². The second kappa shape index (κ2) is 4.61. The van der Waals surface area contributed by atoms with Gasteiger partial charge in [-0.1, -0.05) is 12.7 Å². The minimum Gasteiger partial charge on any atom is -0.365 e. The molecular weight excluding hydrogens is 172 g/mol. The fraction of sp³-hybridized carbons (Fsp3) is 0.250. The van der Waals surface area contributed by atoms with Gasteiger partial charge in [-0.15, -0.1) is 0 Å². The van der Waals surface area contributed by atoms with E-state index >= 15 is 0 Å². The second-order valence-electron chi connectivity index (χ2n) is 3.26. The van der Waals surface area contributed by atoms with E-state index in [1.165, 1.54) is 5.56 Å². The predicted octanol–water partition coefficient (Wildman–Crippen LogP) is 3.22. The van der Waals surface area contributed by atoms with Crippen LogP contribution < -0.4 is 0 Å². The van der Waals surface area contributed by atoms with Gasteiger partial charge < -0.3 is 4.98 Å². The first-order valence-corrected chi connectivity index (χ1v) is 4.64. The number of H-pyrrole nitrogens is 1. The lowest BCUT2D eigenvalue weighted by Gasteiger charge is -1.99. The second-order valence-corrected chi connectivity index (χ2v) is 3.26. The van der Waals surface area contributed by atoms with Gasteiger partial charge in [0.25, 0.3) is 0 Å². The summed E-state index contributed by atoms with van der Waals surface area (Å²) >= 11 is 0. The highest BCUT2D eigenvalue weighted by atomic mass is 14.8. The number of nitrogens with one attached hydrogen (secondary N) is 1. The van der Waals surface area contributed by atoms with Crippen molar-refractivity contribution in [3.8, 4) is 0 Å². The van der Waals surface area contributed by atoms with E-state index in [0.717, 1.165) is 17.1 Å². The van der Waals surface area contributed by atoms with Crippen molar-refractivity contribution in [2.75, 3.05) is 0 Å². The number of aromatic nitrogens is 1. The molecule has 0 fully saturated rings. The molecule has 0 atom stereocenters. The summed E-state index contributed by atoms with van der Waals surface area (Å²) in [7, 11) is 0. The van der Waals surface area contributed by atoms with Gasteiger partial charge in [0, 0.05) is 28.9 Å². The maximum absolute atomic E-state index is 4.46. The number of nitrogens with zero attached hydrogens (tertiary/aromatic N) is 1. The van der Waals surface area contributed by atoms with Crippen molar-refractivity contribution in [2.45, 2.75) is 20.8 Å². The van der Waals surface area contributed by atoms with Crippen molar-refractivity contribution in [3.63, 3.8) is 0 Å². The molecule has 1 aromatic rings. The minimum atomic E-state index is 0.970. The molecule has 0 bridgehead atoms. The third-order valence-corrected chi connectivity index (χ3v) is 2.05. The molecule has 2 nitrogen and oxygen atoms in total.